The second kappa shape index (κ2) is 8.14. The van der Waals surface area contributed by atoms with Crippen LogP contribution in [0.1, 0.15) is 13.8 Å². The number of hydrogen-bond acceptors (Lipinski definition) is 4. The number of allylic oxidation sites excluding steroid dienone is 2. The second-order valence-electron chi connectivity index (χ2n) is 5.96. The molecule has 1 N–H and O–H groups in total. The highest BCUT2D eigenvalue weighted by molar-refractivity contribution is 9.10. The lowest BCUT2D eigenvalue weighted by atomic mass is 10.1. The van der Waals surface area contributed by atoms with Crippen LogP contribution in [0.5, 0.6) is 0 Å². The van der Waals surface area contributed by atoms with Crippen LogP contribution in [0.3, 0.4) is 0 Å². The van der Waals surface area contributed by atoms with Crippen molar-refractivity contribution in [1.29, 1.82) is 0 Å². The first-order chi connectivity index (χ1) is 13.0. The summed E-state index contributed by atoms with van der Waals surface area (Å²) in [5, 5.41) is 14.4. The molecule has 2 aromatic carbocycles. The highest BCUT2D eigenvalue weighted by atomic mass is 79.9. The molecule has 3 rings (SSSR count). The second-order valence-corrected chi connectivity index (χ2v) is 6.87. The average Bonchev–Trinajstić information content (AvgIpc) is 3.07. The molecule has 3 aromatic rings. The van der Waals surface area contributed by atoms with Crippen LogP contribution in [0.4, 0.5) is 5.82 Å². The number of aromatic nitrogens is 2. The summed E-state index contributed by atoms with van der Waals surface area (Å²) in [5.74, 6) is 0.238. The van der Waals surface area contributed by atoms with Gasteiger partial charge < -0.3 is 5.11 Å². The van der Waals surface area contributed by atoms with E-state index in [1.807, 2.05) is 60.7 Å². The highest BCUT2D eigenvalue weighted by Crippen LogP contribution is 2.27. The molecule has 0 saturated heterocycles. The Balaban J connectivity index is 2.10. The number of Topliss-reactive ketones (excluding diaryl/α,β-unsaturated/α-hetero) is 1. The lowest BCUT2D eigenvalue weighted by molar-refractivity contribution is -0.113. The summed E-state index contributed by atoms with van der Waals surface area (Å²) in [7, 11) is 0. The summed E-state index contributed by atoms with van der Waals surface area (Å²) in [5.41, 5.74) is 2.72. The quantitative estimate of drug-likeness (QED) is 0.338. The third-order valence-electron chi connectivity index (χ3n) is 3.93. The number of aliphatic hydroxyl groups is 1. The van der Waals surface area contributed by atoms with Crippen molar-refractivity contribution in [1.82, 2.24) is 9.78 Å². The number of para-hydroxylation sites is 1. The van der Waals surface area contributed by atoms with Gasteiger partial charge in [0, 0.05) is 22.3 Å². The minimum Gasteiger partial charge on any atom is -0.512 e. The van der Waals surface area contributed by atoms with Crippen molar-refractivity contribution in [3.63, 3.8) is 0 Å². The lowest BCUT2D eigenvalue weighted by Crippen LogP contribution is -2.02. The van der Waals surface area contributed by atoms with Gasteiger partial charge in [-0.2, -0.15) is 5.10 Å². The van der Waals surface area contributed by atoms with E-state index in [9.17, 15) is 9.90 Å². The van der Waals surface area contributed by atoms with Crippen molar-refractivity contribution in [3.05, 3.63) is 76.5 Å². The van der Waals surface area contributed by atoms with Crippen LogP contribution in [0.2, 0.25) is 0 Å². The first-order valence-electron chi connectivity index (χ1n) is 8.32. The zero-order chi connectivity index (χ0) is 19.4. The third kappa shape index (κ3) is 4.41. The maximum Gasteiger partial charge on any atom is 0.164 e. The van der Waals surface area contributed by atoms with Gasteiger partial charge in [0.15, 0.2) is 11.6 Å². The largest absolute Gasteiger partial charge is 0.512 e. The summed E-state index contributed by atoms with van der Waals surface area (Å²) in [6, 6.07) is 19.3. The Labute approximate surface area is 165 Å². The molecular formula is C21H18BrN3O2. The van der Waals surface area contributed by atoms with E-state index >= 15 is 0 Å². The zero-order valence-electron chi connectivity index (χ0n) is 14.9. The van der Waals surface area contributed by atoms with Gasteiger partial charge in [-0.25, -0.2) is 9.67 Å². The van der Waals surface area contributed by atoms with Crippen molar-refractivity contribution in [2.75, 3.05) is 0 Å². The van der Waals surface area contributed by atoms with E-state index < -0.39 is 0 Å². The van der Waals surface area contributed by atoms with Crippen LogP contribution in [-0.4, -0.2) is 26.9 Å². The van der Waals surface area contributed by atoms with E-state index in [0.29, 0.717) is 5.82 Å². The number of carbonyl (C=O) groups excluding carboxylic acids is 1. The Hall–Kier alpha value is -2.99. The SMILES string of the molecule is CC(=O)C(/C=N/c1cc(-c2ccc(Br)cc2)nn1-c1ccccc1)=C(\C)O. The van der Waals surface area contributed by atoms with E-state index in [2.05, 4.69) is 26.0 Å². The van der Waals surface area contributed by atoms with E-state index in [1.165, 1.54) is 20.1 Å². The number of aliphatic imine (C=N–C) groups is 1. The maximum atomic E-state index is 11.7. The van der Waals surface area contributed by atoms with Gasteiger partial charge in [-0.3, -0.25) is 4.79 Å². The Bertz CT molecular complexity index is 1020. The van der Waals surface area contributed by atoms with Crippen LogP contribution in [-0.2, 0) is 4.79 Å². The normalized spacial score (nSPS) is 12.3. The molecule has 1 heterocycles. The molecule has 0 fully saturated rings. The van der Waals surface area contributed by atoms with Gasteiger partial charge in [0.1, 0.15) is 5.76 Å². The van der Waals surface area contributed by atoms with Gasteiger partial charge >= 0.3 is 0 Å². The molecule has 0 aliphatic rings. The third-order valence-corrected chi connectivity index (χ3v) is 4.45. The van der Waals surface area contributed by atoms with Crippen molar-refractivity contribution in [3.8, 4) is 16.9 Å². The van der Waals surface area contributed by atoms with Crippen LogP contribution in [0.25, 0.3) is 16.9 Å². The van der Waals surface area contributed by atoms with Gasteiger partial charge in [0.05, 0.1) is 17.0 Å². The molecule has 0 aliphatic heterocycles. The Morgan fingerprint density at radius 2 is 1.78 bits per heavy atom. The van der Waals surface area contributed by atoms with Gasteiger partial charge in [0.25, 0.3) is 0 Å². The molecule has 0 amide bonds. The summed E-state index contributed by atoms with van der Waals surface area (Å²) < 4.78 is 2.69. The van der Waals surface area contributed by atoms with Crippen molar-refractivity contribution in [2.24, 2.45) is 4.99 Å². The predicted molar refractivity (Wildman–Crippen MR) is 111 cm³/mol. The standard InChI is InChI=1S/C21H18BrN3O2/c1-14(26)19(15(2)27)13-23-21-12-20(16-8-10-17(22)11-9-16)24-25(21)18-6-4-3-5-7-18/h3-13,26H,1-2H3/b19-14+,23-13+. The number of rotatable bonds is 5. The van der Waals surface area contributed by atoms with Crippen LogP contribution >= 0.6 is 15.9 Å². The van der Waals surface area contributed by atoms with Crippen molar-refractivity contribution < 1.29 is 9.90 Å². The van der Waals surface area contributed by atoms with E-state index in [0.717, 1.165) is 21.4 Å². The molecule has 0 radical (unpaired) electrons. The Morgan fingerprint density at radius 1 is 1.11 bits per heavy atom. The molecule has 0 unspecified atom stereocenters. The summed E-state index contributed by atoms with van der Waals surface area (Å²) in [6.45, 7) is 2.85. The number of benzene rings is 2. The van der Waals surface area contributed by atoms with E-state index in [4.69, 9.17) is 0 Å². The molecular weight excluding hydrogens is 406 g/mol. The molecule has 0 aliphatic carbocycles. The molecule has 0 bridgehead atoms. The van der Waals surface area contributed by atoms with Crippen LogP contribution in [0.15, 0.2) is 81.5 Å². The molecule has 6 heteroatoms. The summed E-state index contributed by atoms with van der Waals surface area (Å²) in [4.78, 5) is 16.1. The summed E-state index contributed by atoms with van der Waals surface area (Å²) >= 11 is 3.43. The Morgan fingerprint density at radius 3 is 2.37 bits per heavy atom. The fourth-order valence-electron chi connectivity index (χ4n) is 2.55. The zero-order valence-corrected chi connectivity index (χ0v) is 16.5. The number of nitrogens with zero attached hydrogens (tertiary/aromatic N) is 3. The minimum atomic E-state index is -0.252. The number of halogens is 1. The van der Waals surface area contributed by atoms with Gasteiger partial charge in [-0.15, -0.1) is 0 Å². The average molecular weight is 424 g/mol. The molecule has 0 atom stereocenters. The summed E-state index contributed by atoms with van der Waals surface area (Å²) in [6.07, 6.45) is 1.37. The Kier molecular flexibility index (Phi) is 5.66. The number of aliphatic hydroxyl groups excluding tert-OH is 1. The first-order valence-corrected chi connectivity index (χ1v) is 9.11. The smallest absolute Gasteiger partial charge is 0.164 e. The maximum absolute atomic E-state index is 11.7. The first kappa shape index (κ1) is 18.8. The van der Waals surface area contributed by atoms with Gasteiger partial charge in [0.2, 0.25) is 0 Å². The number of ketones is 1. The highest BCUT2D eigenvalue weighted by Gasteiger charge is 2.12. The predicted octanol–water partition coefficient (Wildman–Crippen LogP) is 5.43. The van der Waals surface area contributed by atoms with Crippen molar-refractivity contribution >= 4 is 33.7 Å². The number of hydrogen-bond donors (Lipinski definition) is 1. The lowest BCUT2D eigenvalue weighted by Gasteiger charge is -2.04. The monoisotopic (exact) mass is 423 g/mol. The molecule has 5 nitrogen and oxygen atoms in total. The molecule has 1 aromatic heterocycles. The fraction of sp³-hybridized carbons (Fsp3) is 0.0952. The molecule has 0 saturated carbocycles. The van der Waals surface area contributed by atoms with Crippen LogP contribution in [0, 0.1) is 0 Å². The molecule has 0 spiro atoms. The topological polar surface area (TPSA) is 67.5 Å². The van der Waals surface area contributed by atoms with Gasteiger partial charge in [-0.1, -0.05) is 46.3 Å². The van der Waals surface area contributed by atoms with Crippen LogP contribution < -0.4 is 0 Å². The molecule has 136 valence electrons. The molecule has 27 heavy (non-hydrogen) atoms. The van der Waals surface area contributed by atoms with E-state index in [-0.39, 0.29) is 17.1 Å². The number of carbonyl (C=O) groups is 1. The van der Waals surface area contributed by atoms with Crippen molar-refractivity contribution in [2.45, 2.75) is 13.8 Å². The minimum absolute atomic E-state index is 0.0647. The fourth-order valence-corrected chi connectivity index (χ4v) is 2.82. The van der Waals surface area contributed by atoms with Gasteiger partial charge in [-0.05, 0) is 38.1 Å². The van der Waals surface area contributed by atoms with E-state index in [1.54, 1.807) is 4.68 Å².